The van der Waals surface area contributed by atoms with Gasteiger partial charge in [-0.25, -0.2) is 0 Å². The van der Waals surface area contributed by atoms with Crippen molar-refractivity contribution in [2.24, 2.45) is 5.92 Å². The molecule has 1 amide bonds. The lowest BCUT2D eigenvalue weighted by Crippen LogP contribution is -2.25. The van der Waals surface area contributed by atoms with Crippen LogP contribution in [0.15, 0.2) is 41.8 Å². The van der Waals surface area contributed by atoms with Gasteiger partial charge in [0.2, 0.25) is 5.91 Å². The van der Waals surface area contributed by atoms with Crippen LogP contribution >= 0.6 is 11.8 Å². The third kappa shape index (κ3) is 3.32. The van der Waals surface area contributed by atoms with E-state index in [1.54, 1.807) is 12.1 Å². The summed E-state index contributed by atoms with van der Waals surface area (Å²) in [6, 6.07) is 6.08. The number of alkyl halides is 3. The van der Waals surface area contributed by atoms with E-state index < -0.39 is 5.51 Å². The first-order valence-electron chi connectivity index (χ1n) is 5.68. The summed E-state index contributed by atoms with van der Waals surface area (Å²) in [5.74, 6) is -0.170. The molecular formula is C13H12F3NOS. The maximum absolute atomic E-state index is 12.5. The average molecular weight is 287 g/mol. The van der Waals surface area contributed by atoms with Gasteiger partial charge in [0.15, 0.2) is 0 Å². The molecule has 1 fully saturated rings. The van der Waals surface area contributed by atoms with Gasteiger partial charge in [0.1, 0.15) is 0 Å². The van der Waals surface area contributed by atoms with Crippen molar-refractivity contribution >= 4 is 23.4 Å². The van der Waals surface area contributed by atoms with E-state index in [0.29, 0.717) is 18.7 Å². The maximum Gasteiger partial charge on any atom is 0.446 e. The van der Waals surface area contributed by atoms with Crippen LogP contribution in [0, 0.1) is 5.92 Å². The van der Waals surface area contributed by atoms with Crippen molar-refractivity contribution in [2.75, 3.05) is 11.4 Å². The molecule has 2 nitrogen and oxygen atoms in total. The highest BCUT2D eigenvalue weighted by molar-refractivity contribution is 8.00. The number of carbonyl (C=O) groups excluding carboxylic acids is 1. The number of thioether (sulfide) groups is 1. The number of hydrogen-bond acceptors (Lipinski definition) is 2. The molecule has 19 heavy (non-hydrogen) atoms. The predicted molar refractivity (Wildman–Crippen MR) is 69.0 cm³/mol. The molecule has 1 saturated heterocycles. The molecule has 1 aromatic rings. The topological polar surface area (TPSA) is 20.3 Å². The van der Waals surface area contributed by atoms with Crippen LogP contribution in [0.4, 0.5) is 18.9 Å². The van der Waals surface area contributed by atoms with Crippen LogP contribution in [0.1, 0.15) is 6.42 Å². The molecular weight excluding hydrogens is 275 g/mol. The molecule has 1 aromatic carbocycles. The normalized spacial score (nSPS) is 19.8. The Kier molecular flexibility index (Phi) is 3.89. The van der Waals surface area contributed by atoms with E-state index in [1.807, 2.05) is 0 Å². The Labute approximate surface area is 113 Å². The van der Waals surface area contributed by atoms with Crippen molar-refractivity contribution in [3.63, 3.8) is 0 Å². The van der Waals surface area contributed by atoms with Crippen molar-refractivity contribution in [1.29, 1.82) is 0 Å². The molecule has 0 saturated carbocycles. The van der Waals surface area contributed by atoms with Gasteiger partial charge in [0.25, 0.3) is 0 Å². The number of hydrogen-bond donors (Lipinski definition) is 0. The molecule has 102 valence electrons. The fourth-order valence-corrected chi connectivity index (χ4v) is 2.70. The molecule has 0 N–H and O–H groups in total. The summed E-state index contributed by atoms with van der Waals surface area (Å²) in [6.07, 6.45) is 1.96. The fourth-order valence-electron chi connectivity index (χ4n) is 2.02. The molecule has 0 aliphatic carbocycles. The third-order valence-corrected chi connectivity index (χ3v) is 3.67. The Bertz CT molecular complexity index is 501. The fraction of sp³-hybridized carbons (Fsp3) is 0.308. The van der Waals surface area contributed by atoms with Gasteiger partial charge in [0.05, 0.1) is 5.69 Å². The van der Waals surface area contributed by atoms with Gasteiger partial charge in [-0.15, -0.1) is 6.58 Å². The lowest BCUT2D eigenvalue weighted by molar-refractivity contribution is -0.117. The average Bonchev–Trinajstić information content (AvgIpc) is 2.69. The number of halogens is 3. The summed E-state index contributed by atoms with van der Waals surface area (Å²) in [4.78, 5) is 13.3. The zero-order valence-electron chi connectivity index (χ0n) is 9.98. The summed E-state index contributed by atoms with van der Waals surface area (Å²) in [7, 11) is 0. The Hall–Kier alpha value is -1.43. The first-order valence-corrected chi connectivity index (χ1v) is 6.50. The van der Waals surface area contributed by atoms with Crippen LogP contribution in [0.3, 0.4) is 0 Å². The van der Waals surface area contributed by atoms with E-state index in [0.717, 1.165) is 0 Å². The van der Waals surface area contributed by atoms with Gasteiger partial charge >= 0.3 is 5.51 Å². The first kappa shape index (κ1) is 14.0. The Morgan fingerprint density at radius 3 is 2.63 bits per heavy atom. The van der Waals surface area contributed by atoms with Crippen molar-refractivity contribution in [3.05, 3.63) is 36.9 Å². The standard InChI is InChI=1S/C13H12F3NOS/c1-2-9-7-12(18)17(8-9)10-5-3-4-6-11(10)19-13(14,15)16/h2-6,9H,1,7-8H2. The molecule has 1 heterocycles. The molecule has 0 radical (unpaired) electrons. The highest BCUT2D eigenvalue weighted by atomic mass is 32.2. The zero-order chi connectivity index (χ0) is 14.0. The number of carbonyl (C=O) groups is 1. The Morgan fingerprint density at radius 1 is 1.37 bits per heavy atom. The maximum atomic E-state index is 12.5. The summed E-state index contributed by atoms with van der Waals surface area (Å²) >= 11 is -0.195. The molecule has 1 atom stereocenters. The van der Waals surface area contributed by atoms with Gasteiger partial charge in [-0.1, -0.05) is 18.2 Å². The largest absolute Gasteiger partial charge is 0.446 e. The number of anilines is 1. The minimum atomic E-state index is -4.36. The van der Waals surface area contributed by atoms with E-state index >= 15 is 0 Å². The molecule has 1 aliphatic heterocycles. The summed E-state index contributed by atoms with van der Waals surface area (Å²) < 4.78 is 37.5. The van der Waals surface area contributed by atoms with Crippen molar-refractivity contribution in [1.82, 2.24) is 0 Å². The summed E-state index contributed by atoms with van der Waals surface area (Å²) in [5, 5.41) is 0. The van der Waals surface area contributed by atoms with Gasteiger partial charge in [-0.3, -0.25) is 4.79 Å². The van der Waals surface area contributed by atoms with Gasteiger partial charge in [-0.2, -0.15) is 13.2 Å². The molecule has 0 aromatic heterocycles. The lowest BCUT2D eigenvalue weighted by Gasteiger charge is -2.20. The second-order valence-electron chi connectivity index (χ2n) is 4.22. The SMILES string of the molecule is C=CC1CC(=O)N(c2ccccc2SC(F)(F)F)C1. The monoisotopic (exact) mass is 287 g/mol. The number of amides is 1. The number of benzene rings is 1. The molecule has 0 bridgehead atoms. The van der Waals surface area contributed by atoms with E-state index in [1.165, 1.54) is 23.1 Å². The van der Waals surface area contributed by atoms with Crippen LogP contribution in [0.2, 0.25) is 0 Å². The van der Waals surface area contributed by atoms with Gasteiger partial charge < -0.3 is 4.90 Å². The van der Waals surface area contributed by atoms with Gasteiger partial charge in [-0.05, 0) is 23.9 Å². The minimum absolute atomic E-state index is 0.00329. The Balaban J connectivity index is 2.30. The second-order valence-corrected chi connectivity index (χ2v) is 5.33. The highest BCUT2D eigenvalue weighted by Crippen LogP contribution is 2.42. The molecule has 1 aliphatic rings. The third-order valence-electron chi connectivity index (χ3n) is 2.87. The van der Waals surface area contributed by atoms with Crippen LogP contribution in [0.25, 0.3) is 0 Å². The number of nitrogens with zero attached hydrogens (tertiary/aromatic N) is 1. The van der Waals surface area contributed by atoms with E-state index in [4.69, 9.17) is 0 Å². The van der Waals surface area contributed by atoms with Crippen LogP contribution in [-0.2, 0) is 4.79 Å². The van der Waals surface area contributed by atoms with Crippen LogP contribution in [0.5, 0.6) is 0 Å². The number of rotatable bonds is 3. The quantitative estimate of drug-likeness (QED) is 0.622. The van der Waals surface area contributed by atoms with Crippen molar-refractivity contribution in [2.45, 2.75) is 16.8 Å². The summed E-state index contributed by atoms with van der Waals surface area (Å²) in [6.45, 7) is 4.01. The second kappa shape index (κ2) is 5.28. The molecule has 1 unspecified atom stereocenters. The number of para-hydroxylation sites is 1. The molecule has 6 heteroatoms. The van der Waals surface area contributed by atoms with E-state index in [2.05, 4.69) is 6.58 Å². The molecule has 2 rings (SSSR count). The molecule has 0 spiro atoms. The van der Waals surface area contributed by atoms with Crippen LogP contribution in [-0.4, -0.2) is 18.0 Å². The smallest absolute Gasteiger partial charge is 0.311 e. The van der Waals surface area contributed by atoms with Crippen molar-refractivity contribution in [3.8, 4) is 0 Å². The Morgan fingerprint density at radius 2 is 2.05 bits per heavy atom. The predicted octanol–water partition coefficient (Wildman–Crippen LogP) is 3.84. The van der Waals surface area contributed by atoms with Crippen LogP contribution < -0.4 is 4.90 Å². The van der Waals surface area contributed by atoms with E-state index in [-0.39, 0.29) is 28.5 Å². The minimum Gasteiger partial charge on any atom is -0.311 e. The van der Waals surface area contributed by atoms with Crippen molar-refractivity contribution < 1.29 is 18.0 Å². The lowest BCUT2D eigenvalue weighted by atomic mass is 10.1. The summed E-state index contributed by atoms with van der Waals surface area (Å²) in [5.41, 5.74) is -4.05. The van der Waals surface area contributed by atoms with Gasteiger partial charge in [0, 0.05) is 23.8 Å². The van der Waals surface area contributed by atoms with E-state index in [9.17, 15) is 18.0 Å². The first-order chi connectivity index (χ1) is 8.90. The highest BCUT2D eigenvalue weighted by Gasteiger charge is 2.34. The zero-order valence-corrected chi connectivity index (χ0v) is 10.8.